The maximum Gasteiger partial charge on any atom is 0.311 e. The molecule has 31 heavy (non-hydrogen) atoms. The molecule has 0 amide bonds. The second-order valence-electron chi connectivity index (χ2n) is 12.2. The first-order valence-electron chi connectivity index (χ1n) is 11.8. The highest BCUT2D eigenvalue weighted by Gasteiger charge is 2.77. The Morgan fingerprint density at radius 3 is 2.32 bits per heavy atom. The minimum absolute atomic E-state index is 0.0905. The molecule has 0 heterocycles. The van der Waals surface area contributed by atoms with Crippen molar-refractivity contribution in [1.29, 1.82) is 0 Å². The summed E-state index contributed by atoms with van der Waals surface area (Å²) < 4.78 is 17.6. The van der Waals surface area contributed by atoms with Gasteiger partial charge in [-0.3, -0.25) is 9.59 Å². The molecule has 0 N–H and O–H groups in total. The van der Waals surface area contributed by atoms with E-state index in [9.17, 15) is 9.59 Å². The summed E-state index contributed by atoms with van der Waals surface area (Å²) in [7, 11) is 1.14. The molecule has 0 aromatic heterocycles. The van der Waals surface area contributed by atoms with Crippen molar-refractivity contribution in [1.82, 2.24) is 0 Å². The van der Waals surface area contributed by atoms with E-state index in [0.29, 0.717) is 5.92 Å². The van der Waals surface area contributed by atoms with Crippen LogP contribution in [0.5, 0.6) is 0 Å². The highest BCUT2D eigenvalue weighted by molar-refractivity contribution is 6.69. The summed E-state index contributed by atoms with van der Waals surface area (Å²) in [6, 6.07) is 0. The molecule has 4 aliphatic rings. The first-order valence-corrected chi connectivity index (χ1v) is 15.3. The minimum Gasteiger partial charge on any atom is -0.469 e. The van der Waals surface area contributed by atoms with Gasteiger partial charge < -0.3 is 13.9 Å². The molecule has 4 saturated carbocycles. The number of hydrogen-bond acceptors (Lipinski definition) is 5. The SMILES string of the molecule is C=C1C[C@]23C[C@@]1(O[Si](C)(C)C)CCC2[C@]1(C)CCCC(C)(C(=O)OC)C1[C@@H]3C(=O)OC. The lowest BCUT2D eigenvalue weighted by Crippen LogP contribution is -2.51. The summed E-state index contributed by atoms with van der Waals surface area (Å²) in [5.74, 6) is -0.424. The number of fused-ring (bicyclic) bond motifs is 3. The van der Waals surface area contributed by atoms with Crippen LogP contribution >= 0.6 is 0 Å². The molecule has 0 saturated heterocycles. The third kappa shape index (κ3) is 2.96. The summed E-state index contributed by atoms with van der Waals surface area (Å²) in [5, 5.41) is 0. The van der Waals surface area contributed by atoms with Crippen LogP contribution in [0, 0.1) is 34.0 Å². The van der Waals surface area contributed by atoms with Gasteiger partial charge in [0.1, 0.15) is 0 Å². The topological polar surface area (TPSA) is 61.8 Å². The monoisotopic (exact) mass is 448 g/mol. The number of carbonyl (C=O) groups excluding carboxylic acids is 2. The molecule has 0 aromatic rings. The molecule has 3 unspecified atom stereocenters. The predicted octanol–water partition coefficient (Wildman–Crippen LogP) is 5.11. The Balaban J connectivity index is 1.89. The van der Waals surface area contributed by atoms with Crippen LogP contribution in [0.2, 0.25) is 19.6 Å². The van der Waals surface area contributed by atoms with E-state index in [-0.39, 0.29) is 40.2 Å². The van der Waals surface area contributed by atoms with Crippen LogP contribution in [-0.4, -0.2) is 40.1 Å². The highest BCUT2D eigenvalue weighted by atomic mass is 28.4. The van der Waals surface area contributed by atoms with E-state index < -0.39 is 13.7 Å². The van der Waals surface area contributed by atoms with Crippen molar-refractivity contribution in [3.63, 3.8) is 0 Å². The van der Waals surface area contributed by atoms with Gasteiger partial charge in [-0.1, -0.05) is 19.9 Å². The standard InChI is InChI=1S/C25H40O5Si/c1-16-14-24-15-25(16,30-31(6,7)8)13-10-17(24)22(2)11-9-12-23(3,21(27)29-5)19(22)18(24)20(26)28-4/h17-19H,1,9-15H2,2-8H3/t17?,18-,19?,22+,23?,24+,25+/m1/s1. The summed E-state index contributed by atoms with van der Waals surface area (Å²) in [5.41, 5.74) is -0.220. The van der Waals surface area contributed by atoms with Crippen LogP contribution in [0.3, 0.4) is 0 Å². The molecular weight excluding hydrogens is 408 g/mol. The Morgan fingerprint density at radius 2 is 1.74 bits per heavy atom. The van der Waals surface area contributed by atoms with Gasteiger partial charge in [-0.25, -0.2) is 0 Å². The highest BCUT2D eigenvalue weighted by Crippen LogP contribution is 2.78. The zero-order valence-corrected chi connectivity index (χ0v) is 21.4. The quantitative estimate of drug-likeness (QED) is 0.340. The summed E-state index contributed by atoms with van der Waals surface area (Å²) >= 11 is 0. The van der Waals surface area contributed by atoms with Gasteiger partial charge in [0.25, 0.3) is 0 Å². The van der Waals surface area contributed by atoms with Crippen molar-refractivity contribution >= 4 is 20.3 Å². The van der Waals surface area contributed by atoms with Crippen LogP contribution in [0.4, 0.5) is 0 Å². The molecule has 0 aliphatic heterocycles. The van der Waals surface area contributed by atoms with Crippen LogP contribution in [0.25, 0.3) is 0 Å². The summed E-state index contributed by atoms with van der Waals surface area (Å²) in [6.45, 7) is 15.6. The Bertz CT molecular complexity index is 817. The molecule has 7 atom stereocenters. The molecule has 5 nitrogen and oxygen atoms in total. The molecule has 6 heteroatoms. The fraction of sp³-hybridized carbons (Fsp3) is 0.840. The second kappa shape index (κ2) is 6.93. The second-order valence-corrected chi connectivity index (χ2v) is 16.7. The zero-order valence-electron chi connectivity index (χ0n) is 20.4. The third-order valence-electron chi connectivity index (χ3n) is 9.50. The van der Waals surface area contributed by atoms with Crippen molar-refractivity contribution in [3.05, 3.63) is 12.2 Å². The molecule has 2 bridgehead atoms. The average molecular weight is 449 g/mol. The lowest BCUT2D eigenvalue weighted by molar-refractivity contribution is -0.170. The van der Waals surface area contributed by atoms with Crippen molar-refractivity contribution in [2.24, 2.45) is 34.0 Å². The van der Waals surface area contributed by atoms with E-state index in [2.05, 4.69) is 33.1 Å². The number of methoxy groups -OCH3 is 2. The predicted molar refractivity (Wildman–Crippen MR) is 122 cm³/mol. The zero-order chi connectivity index (χ0) is 23.0. The molecule has 4 fully saturated rings. The lowest BCUT2D eigenvalue weighted by atomic mass is 9.53. The smallest absolute Gasteiger partial charge is 0.311 e. The summed E-state index contributed by atoms with van der Waals surface area (Å²) in [6.07, 6.45) is 6.39. The molecule has 4 rings (SSSR count). The Morgan fingerprint density at radius 1 is 1.06 bits per heavy atom. The van der Waals surface area contributed by atoms with E-state index in [1.165, 1.54) is 14.2 Å². The average Bonchev–Trinajstić information content (AvgIpc) is 3.02. The molecular formula is C25H40O5Si. The van der Waals surface area contributed by atoms with Gasteiger partial charge in [-0.05, 0) is 93.3 Å². The normalized spacial score (nSPS) is 46.3. The van der Waals surface area contributed by atoms with E-state index in [1.807, 2.05) is 6.92 Å². The largest absolute Gasteiger partial charge is 0.469 e. The molecule has 4 aliphatic carbocycles. The summed E-state index contributed by atoms with van der Waals surface area (Å²) in [4.78, 5) is 26.7. The van der Waals surface area contributed by atoms with Gasteiger partial charge in [0, 0.05) is 0 Å². The first-order chi connectivity index (χ1) is 14.3. The van der Waals surface area contributed by atoms with Gasteiger partial charge in [0.15, 0.2) is 8.32 Å². The van der Waals surface area contributed by atoms with Crippen molar-refractivity contribution in [2.75, 3.05) is 14.2 Å². The number of carbonyl (C=O) groups is 2. The Hall–Kier alpha value is -1.14. The molecule has 0 radical (unpaired) electrons. The fourth-order valence-corrected chi connectivity index (χ4v) is 10.4. The van der Waals surface area contributed by atoms with Gasteiger partial charge >= 0.3 is 11.9 Å². The Kier molecular flexibility index (Phi) is 5.15. The first kappa shape index (κ1) is 23.0. The number of esters is 2. The van der Waals surface area contributed by atoms with Crippen molar-refractivity contribution in [3.8, 4) is 0 Å². The fourth-order valence-electron chi connectivity index (χ4n) is 8.93. The van der Waals surface area contributed by atoms with Crippen molar-refractivity contribution < 1.29 is 23.5 Å². The van der Waals surface area contributed by atoms with Gasteiger partial charge in [0.05, 0.1) is 31.2 Å². The van der Waals surface area contributed by atoms with E-state index >= 15 is 0 Å². The minimum atomic E-state index is -1.82. The van der Waals surface area contributed by atoms with Gasteiger partial charge in [-0.2, -0.15) is 0 Å². The maximum atomic E-state index is 13.5. The molecule has 174 valence electrons. The van der Waals surface area contributed by atoms with Crippen molar-refractivity contribution in [2.45, 2.75) is 84.0 Å². The number of rotatable bonds is 4. The third-order valence-corrected chi connectivity index (χ3v) is 10.5. The molecule has 0 aromatic carbocycles. The van der Waals surface area contributed by atoms with E-state index in [1.54, 1.807) is 0 Å². The van der Waals surface area contributed by atoms with Gasteiger partial charge in [0.2, 0.25) is 0 Å². The number of hydrogen-bond donors (Lipinski definition) is 0. The lowest BCUT2D eigenvalue weighted by Gasteiger charge is -2.51. The van der Waals surface area contributed by atoms with Gasteiger partial charge in [-0.15, -0.1) is 0 Å². The van der Waals surface area contributed by atoms with E-state index in [0.717, 1.165) is 50.5 Å². The number of ether oxygens (including phenoxy) is 2. The Labute approximate surface area is 188 Å². The van der Waals surface area contributed by atoms with Crippen LogP contribution in [0.15, 0.2) is 12.2 Å². The maximum absolute atomic E-state index is 13.5. The van der Waals surface area contributed by atoms with Crippen LogP contribution in [-0.2, 0) is 23.5 Å². The van der Waals surface area contributed by atoms with Crippen LogP contribution < -0.4 is 0 Å². The van der Waals surface area contributed by atoms with E-state index in [4.69, 9.17) is 13.9 Å². The van der Waals surface area contributed by atoms with Crippen LogP contribution in [0.1, 0.15) is 58.8 Å². The molecule has 1 spiro atoms.